The summed E-state index contributed by atoms with van der Waals surface area (Å²) in [5, 5.41) is 30.1. The summed E-state index contributed by atoms with van der Waals surface area (Å²) < 4.78 is 33.2. The maximum atomic E-state index is 12.9. The Hall–Kier alpha value is -2.83. The molecule has 184 valence electrons. The van der Waals surface area contributed by atoms with Crippen LogP contribution in [0.4, 0.5) is 0 Å². The van der Waals surface area contributed by atoms with Crippen molar-refractivity contribution < 1.29 is 33.4 Å². The summed E-state index contributed by atoms with van der Waals surface area (Å²) in [5.41, 5.74) is -2.23. The molecular weight excluding hydrogens is 454 g/mol. The minimum atomic E-state index is -4.25. The third-order valence-electron chi connectivity index (χ3n) is 5.10. The van der Waals surface area contributed by atoms with Crippen LogP contribution in [0.1, 0.15) is 39.5 Å². The van der Waals surface area contributed by atoms with Gasteiger partial charge in [-0.15, -0.1) is 0 Å². The zero-order valence-corrected chi connectivity index (χ0v) is 19.5. The standard InChI is InChI=1S/C21H31N3O8S/c1-3-5-11-23-13-18(25)24(20(23)27)14-21(28,19(26)22-29)15-33(30,31)17-9-7-16(8-10-17)32-12-6-4-2/h7-10,13,25,28-29H,3-6,11-12,14-15H2,1-2H3,(H,22,26). The quantitative estimate of drug-likeness (QED) is 0.186. The molecule has 1 aromatic heterocycles. The zero-order chi connectivity index (χ0) is 24.6. The summed E-state index contributed by atoms with van der Waals surface area (Å²) in [4.78, 5) is 24.6. The van der Waals surface area contributed by atoms with Crippen LogP contribution in [-0.2, 0) is 27.7 Å². The lowest BCUT2D eigenvalue weighted by molar-refractivity contribution is -0.148. The summed E-state index contributed by atoms with van der Waals surface area (Å²) in [6, 6.07) is 5.47. The number of ether oxygens (including phenoxy) is 1. The van der Waals surface area contributed by atoms with Gasteiger partial charge in [0.15, 0.2) is 15.4 Å². The van der Waals surface area contributed by atoms with E-state index in [0.29, 0.717) is 29.9 Å². The van der Waals surface area contributed by atoms with Crippen LogP contribution in [0.2, 0.25) is 0 Å². The van der Waals surface area contributed by atoms with Gasteiger partial charge in [-0.05, 0) is 37.1 Å². The van der Waals surface area contributed by atoms with Gasteiger partial charge >= 0.3 is 5.69 Å². The highest BCUT2D eigenvalue weighted by atomic mass is 32.2. The van der Waals surface area contributed by atoms with Crippen LogP contribution in [0.15, 0.2) is 40.2 Å². The number of amides is 1. The Balaban J connectivity index is 2.30. The molecule has 0 saturated carbocycles. The number of hydroxylamine groups is 1. The Kier molecular flexibility index (Phi) is 9.08. The molecule has 0 aliphatic heterocycles. The molecule has 0 saturated heterocycles. The van der Waals surface area contributed by atoms with Crippen LogP contribution in [0.3, 0.4) is 0 Å². The Bertz CT molecular complexity index is 1090. The fourth-order valence-electron chi connectivity index (χ4n) is 3.18. The number of hydrogen-bond donors (Lipinski definition) is 4. The van der Waals surface area contributed by atoms with E-state index in [0.717, 1.165) is 25.5 Å². The highest BCUT2D eigenvalue weighted by Crippen LogP contribution is 2.23. The molecule has 0 aliphatic rings. The van der Waals surface area contributed by atoms with E-state index < -0.39 is 45.2 Å². The smallest absolute Gasteiger partial charge is 0.331 e. The molecule has 4 N–H and O–H groups in total. The lowest BCUT2D eigenvalue weighted by Gasteiger charge is -2.25. The second kappa shape index (κ2) is 11.3. The van der Waals surface area contributed by atoms with Crippen LogP contribution in [0.25, 0.3) is 0 Å². The van der Waals surface area contributed by atoms with Gasteiger partial charge in [0.1, 0.15) is 5.75 Å². The van der Waals surface area contributed by atoms with E-state index in [2.05, 4.69) is 0 Å². The largest absolute Gasteiger partial charge is 0.494 e. The third kappa shape index (κ3) is 6.59. The topological polar surface area (TPSA) is 160 Å². The van der Waals surface area contributed by atoms with Gasteiger partial charge in [-0.25, -0.2) is 18.7 Å². The predicted octanol–water partition coefficient (Wildman–Crippen LogP) is 1.04. The second-order valence-corrected chi connectivity index (χ2v) is 9.80. The highest BCUT2D eigenvalue weighted by Gasteiger charge is 2.43. The molecule has 1 atom stereocenters. The molecule has 2 rings (SSSR count). The number of hydrogen-bond acceptors (Lipinski definition) is 8. The number of carbonyl (C=O) groups is 1. The second-order valence-electron chi connectivity index (χ2n) is 7.81. The van der Waals surface area contributed by atoms with E-state index >= 15 is 0 Å². The average molecular weight is 486 g/mol. The first kappa shape index (κ1) is 26.4. The van der Waals surface area contributed by atoms with Crippen molar-refractivity contribution >= 4 is 15.7 Å². The summed E-state index contributed by atoms with van der Waals surface area (Å²) in [7, 11) is -4.25. The number of nitrogens with zero attached hydrogens (tertiary/aromatic N) is 2. The number of sulfone groups is 1. The van der Waals surface area contributed by atoms with E-state index in [-0.39, 0.29) is 4.90 Å². The Labute approximate surface area is 192 Å². The lowest BCUT2D eigenvalue weighted by Crippen LogP contribution is -2.54. The molecule has 0 bridgehead atoms. The van der Waals surface area contributed by atoms with Crippen LogP contribution in [-0.4, -0.2) is 56.8 Å². The fraction of sp³-hybridized carbons (Fsp3) is 0.524. The average Bonchev–Trinajstić information content (AvgIpc) is 3.04. The Morgan fingerprint density at radius 3 is 2.36 bits per heavy atom. The minimum Gasteiger partial charge on any atom is -0.494 e. The van der Waals surface area contributed by atoms with E-state index in [1.54, 1.807) is 0 Å². The van der Waals surface area contributed by atoms with Gasteiger partial charge in [-0.1, -0.05) is 26.7 Å². The number of aromatic nitrogens is 2. The van der Waals surface area contributed by atoms with Crippen molar-refractivity contribution in [3.05, 3.63) is 40.9 Å². The van der Waals surface area contributed by atoms with Crippen molar-refractivity contribution in [1.29, 1.82) is 0 Å². The van der Waals surface area contributed by atoms with Gasteiger partial charge in [-0.2, -0.15) is 0 Å². The van der Waals surface area contributed by atoms with Crippen LogP contribution >= 0.6 is 0 Å². The number of rotatable bonds is 13. The normalized spacial score (nSPS) is 13.5. The zero-order valence-electron chi connectivity index (χ0n) is 18.7. The number of aryl methyl sites for hydroxylation is 1. The van der Waals surface area contributed by atoms with Crippen LogP contribution < -0.4 is 15.9 Å². The van der Waals surface area contributed by atoms with E-state index in [1.807, 2.05) is 13.8 Å². The summed E-state index contributed by atoms with van der Waals surface area (Å²) >= 11 is 0. The number of aliphatic hydroxyl groups is 1. The van der Waals surface area contributed by atoms with Crippen LogP contribution in [0, 0.1) is 0 Å². The molecule has 1 unspecified atom stereocenters. The summed E-state index contributed by atoms with van der Waals surface area (Å²) in [5.74, 6) is -2.66. The summed E-state index contributed by atoms with van der Waals surface area (Å²) in [6.07, 6.45) is 4.36. The predicted molar refractivity (Wildman–Crippen MR) is 119 cm³/mol. The molecule has 11 nitrogen and oxygen atoms in total. The highest BCUT2D eigenvalue weighted by molar-refractivity contribution is 7.91. The van der Waals surface area contributed by atoms with Crippen molar-refractivity contribution in [2.45, 2.75) is 63.1 Å². The number of aromatic hydroxyl groups is 1. The monoisotopic (exact) mass is 485 g/mol. The minimum absolute atomic E-state index is 0.188. The first-order valence-electron chi connectivity index (χ1n) is 10.7. The Morgan fingerprint density at radius 1 is 1.15 bits per heavy atom. The third-order valence-corrected chi connectivity index (χ3v) is 6.95. The molecule has 0 aliphatic carbocycles. The first-order valence-corrected chi connectivity index (χ1v) is 12.3. The maximum Gasteiger partial charge on any atom is 0.331 e. The van der Waals surface area contributed by atoms with Gasteiger partial charge < -0.3 is 14.9 Å². The molecule has 0 radical (unpaired) electrons. The van der Waals surface area contributed by atoms with Crippen molar-refractivity contribution in [3.63, 3.8) is 0 Å². The molecular formula is C21H31N3O8S. The lowest BCUT2D eigenvalue weighted by atomic mass is 10.1. The number of benzene rings is 1. The molecule has 2 aromatic rings. The van der Waals surface area contributed by atoms with E-state index in [4.69, 9.17) is 9.94 Å². The number of imidazole rings is 1. The number of unbranched alkanes of at least 4 members (excludes halogenated alkanes) is 2. The fourth-order valence-corrected chi connectivity index (χ4v) is 4.75. The number of carbonyl (C=O) groups excluding carboxylic acids is 1. The van der Waals surface area contributed by atoms with E-state index in [1.165, 1.54) is 34.3 Å². The van der Waals surface area contributed by atoms with Gasteiger partial charge in [0.05, 0.1) is 30.0 Å². The van der Waals surface area contributed by atoms with Gasteiger partial charge in [0.2, 0.25) is 5.88 Å². The maximum absolute atomic E-state index is 12.9. The molecule has 1 heterocycles. The molecule has 1 amide bonds. The van der Waals surface area contributed by atoms with Crippen molar-refractivity contribution in [3.8, 4) is 11.6 Å². The molecule has 1 aromatic carbocycles. The first-order chi connectivity index (χ1) is 15.6. The molecule has 12 heteroatoms. The van der Waals surface area contributed by atoms with Crippen molar-refractivity contribution in [1.82, 2.24) is 14.6 Å². The molecule has 33 heavy (non-hydrogen) atoms. The van der Waals surface area contributed by atoms with Gasteiger partial charge in [0, 0.05) is 6.54 Å². The van der Waals surface area contributed by atoms with E-state index in [9.17, 15) is 28.2 Å². The van der Waals surface area contributed by atoms with Crippen LogP contribution in [0.5, 0.6) is 11.6 Å². The number of nitrogens with one attached hydrogen (secondary N) is 1. The van der Waals surface area contributed by atoms with Gasteiger partial charge in [0.25, 0.3) is 5.91 Å². The summed E-state index contributed by atoms with van der Waals surface area (Å²) in [6.45, 7) is 3.82. The van der Waals surface area contributed by atoms with Crippen molar-refractivity contribution in [2.24, 2.45) is 0 Å². The SMILES string of the molecule is CCCCOc1ccc(S(=O)(=O)CC(O)(Cn2c(O)cn(CCCC)c2=O)C(=O)NO)cc1. The van der Waals surface area contributed by atoms with Gasteiger partial charge in [-0.3, -0.25) is 19.1 Å². The molecule has 0 spiro atoms. The Morgan fingerprint density at radius 2 is 1.79 bits per heavy atom. The molecule has 0 fully saturated rings. The van der Waals surface area contributed by atoms with Crippen molar-refractivity contribution in [2.75, 3.05) is 12.4 Å².